The van der Waals surface area contributed by atoms with Crippen molar-refractivity contribution in [1.29, 1.82) is 0 Å². The number of methoxy groups -OCH3 is 1. The molecule has 280 valence electrons. The third-order valence-electron chi connectivity index (χ3n) is 10.3. The van der Waals surface area contributed by atoms with E-state index in [1.165, 1.54) is 24.3 Å². The van der Waals surface area contributed by atoms with Gasteiger partial charge in [0, 0.05) is 12.7 Å². The highest BCUT2D eigenvalue weighted by atomic mass is 28.4. The van der Waals surface area contributed by atoms with Gasteiger partial charge < -0.3 is 13.9 Å². The summed E-state index contributed by atoms with van der Waals surface area (Å²) in [7, 11) is -2.01. The van der Waals surface area contributed by atoms with Gasteiger partial charge in [-0.15, -0.1) is 0 Å². The lowest BCUT2D eigenvalue weighted by atomic mass is 9.83. The number of hydrogen-bond acceptors (Lipinski definition) is 4. The number of ether oxygens (including phenoxy) is 2. The molecule has 0 bridgehead atoms. The number of esters is 1. The molecule has 0 saturated carbocycles. The molecule has 0 aliphatic carbocycles. The first-order valence-corrected chi connectivity index (χ1v) is 20.2. The van der Waals surface area contributed by atoms with E-state index in [9.17, 15) is 18.0 Å². The van der Waals surface area contributed by atoms with Gasteiger partial charge in [0.2, 0.25) is 0 Å². The first kappa shape index (κ1) is 42.2. The van der Waals surface area contributed by atoms with E-state index in [-0.39, 0.29) is 29.0 Å². The molecule has 0 fully saturated rings. The van der Waals surface area contributed by atoms with E-state index in [0.29, 0.717) is 17.9 Å². The highest BCUT2D eigenvalue weighted by Gasteiger charge is 2.64. The lowest BCUT2D eigenvalue weighted by molar-refractivity contribution is -0.278. The summed E-state index contributed by atoms with van der Waals surface area (Å²) >= 11 is 0. The number of hydrogen-bond donors (Lipinski definition) is 0. The van der Waals surface area contributed by atoms with Crippen molar-refractivity contribution in [2.45, 2.75) is 111 Å². The fraction of sp³-hybridized carbons (Fsp3) is 0.512. The highest BCUT2D eigenvalue weighted by molar-refractivity contribution is 6.99. The summed E-state index contributed by atoms with van der Waals surface area (Å²) in [5.41, 5.74) is -2.11. The summed E-state index contributed by atoms with van der Waals surface area (Å²) in [5.74, 6) is -0.972. The zero-order chi connectivity index (χ0) is 38.0. The van der Waals surface area contributed by atoms with Crippen molar-refractivity contribution in [2.75, 3.05) is 13.7 Å². The second kappa shape index (κ2) is 18.0. The Bertz CT molecular complexity index is 1500. The minimum atomic E-state index is -5.07. The molecule has 0 saturated heterocycles. The Kier molecular flexibility index (Phi) is 14.9. The van der Waals surface area contributed by atoms with Crippen LogP contribution in [-0.4, -0.2) is 40.3 Å². The molecule has 8 heteroatoms. The topological polar surface area (TPSA) is 44.8 Å². The molecule has 51 heavy (non-hydrogen) atoms. The minimum Gasteiger partial charge on any atom is -0.455 e. The van der Waals surface area contributed by atoms with Gasteiger partial charge in [-0.25, -0.2) is 4.79 Å². The van der Waals surface area contributed by atoms with Gasteiger partial charge in [-0.3, -0.25) is 0 Å². The van der Waals surface area contributed by atoms with Crippen LogP contribution in [-0.2, 0) is 24.3 Å². The summed E-state index contributed by atoms with van der Waals surface area (Å²) in [5, 5.41) is 1.98. The normalized spacial score (nSPS) is 16.7. The van der Waals surface area contributed by atoms with E-state index >= 15 is 0 Å². The van der Waals surface area contributed by atoms with Crippen LogP contribution in [0.5, 0.6) is 0 Å². The first-order chi connectivity index (χ1) is 24.0. The lowest BCUT2D eigenvalue weighted by Crippen LogP contribution is -2.66. The zero-order valence-corrected chi connectivity index (χ0v) is 33.3. The number of rotatable bonds is 17. The highest BCUT2D eigenvalue weighted by Crippen LogP contribution is 2.44. The maximum absolute atomic E-state index is 15.0. The summed E-state index contributed by atoms with van der Waals surface area (Å²) < 4.78 is 63.3. The molecule has 0 amide bonds. The Hall–Kier alpha value is -3.20. The molecule has 0 N–H and O–H groups in total. The van der Waals surface area contributed by atoms with Crippen LogP contribution in [0.2, 0.25) is 5.04 Å². The number of carbonyl (C=O) groups excluding carboxylic acids is 1. The number of benzene rings is 3. The zero-order valence-electron chi connectivity index (χ0n) is 32.3. The van der Waals surface area contributed by atoms with E-state index in [0.717, 1.165) is 42.3 Å². The molecular weight excluding hydrogens is 666 g/mol. The van der Waals surface area contributed by atoms with Crippen molar-refractivity contribution in [3.05, 3.63) is 108 Å². The first-order valence-electron chi connectivity index (χ1n) is 18.3. The van der Waals surface area contributed by atoms with E-state index in [1.54, 1.807) is 6.07 Å². The molecule has 3 rings (SSSR count). The van der Waals surface area contributed by atoms with Gasteiger partial charge in [-0.2, -0.15) is 13.2 Å². The average molecular weight is 725 g/mol. The van der Waals surface area contributed by atoms with E-state index in [2.05, 4.69) is 65.8 Å². The van der Waals surface area contributed by atoms with Gasteiger partial charge in [0.15, 0.2) is 0 Å². The molecular formula is C43H59F3O4Si. The van der Waals surface area contributed by atoms with Crippen LogP contribution in [0.4, 0.5) is 13.2 Å². The maximum atomic E-state index is 15.0. The third kappa shape index (κ3) is 9.62. The number of carbonyl (C=O) groups is 1. The fourth-order valence-electron chi connectivity index (χ4n) is 7.70. The van der Waals surface area contributed by atoms with Crippen molar-refractivity contribution in [1.82, 2.24) is 0 Å². The Balaban J connectivity index is 2.11. The van der Waals surface area contributed by atoms with E-state index in [4.69, 9.17) is 13.9 Å². The van der Waals surface area contributed by atoms with Gasteiger partial charge in [0.05, 0.1) is 6.61 Å². The average Bonchev–Trinajstić information content (AvgIpc) is 3.07. The summed E-state index contributed by atoms with van der Waals surface area (Å²) in [6, 6.07) is 27.6. The molecule has 3 aromatic carbocycles. The Morgan fingerprint density at radius 2 is 1.25 bits per heavy atom. The van der Waals surface area contributed by atoms with Gasteiger partial charge in [-0.05, 0) is 71.0 Å². The lowest BCUT2D eigenvalue weighted by Gasteiger charge is -2.43. The van der Waals surface area contributed by atoms with Crippen LogP contribution in [0.15, 0.2) is 102 Å². The standard InChI is InChI=1S/C43H59F3O4Si/c1-11-21-31(2)28-32(3)29-33(4)39(50-40(47)42(48-10,43(44,45)46)36-22-15-12-16-23-36)35(6)34(5)30-49-51(41(7,8)9,37-24-17-13-18-25-37)38-26-19-14-20-27-38/h12-20,22-27,31-33,39H,11,21,28-30H2,1-10H3/b35-34-/t31-,32-,33-,39+,42+/m0/s1. The molecule has 0 aliphatic heterocycles. The smallest absolute Gasteiger partial charge is 0.432 e. The Morgan fingerprint density at radius 3 is 1.69 bits per heavy atom. The SMILES string of the molecule is CCC[C@H](C)C[C@H](C)C[C@H](C)[C@@H](OC(=O)[C@](OC)(c1ccccc1)C(F)(F)F)/C(C)=C(/C)CO[Si](c1ccccc1)(c1ccccc1)C(C)(C)C. The second-order valence-corrected chi connectivity index (χ2v) is 19.7. The maximum Gasteiger partial charge on any atom is 0.432 e. The van der Waals surface area contributed by atoms with Crippen LogP contribution in [0.1, 0.15) is 93.6 Å². The monoisotopic (exact) mass is 724 g/mol. The van der Waals surface area contributed by atoms with E-state index in [1.807, 2.05) is 57.2 Å². The number of halogens is 3. The molecule has 0 spiro atoms. The van der Waals surface area contributed by atoms with Crippen molar-refractivity contribution in [3.63, 3.8) is 0 Å². The fourth-order valence-corrected chi connectivity index (χ4v) is 12.3. The molecule has 4 nitrogen and oxygen atoms in total. The largest absolute Gasteiger partial charge is 0.455 e. The van der Waals surface area contributed by atoms with Crippen molar-refractivity contribution >= 4 is 24.7 Å². The Labute approximate surface area is 305 Å². The van der Waals surface area contributed by atoms with Crippen LogP contribution < -0.4 is 10.4 Å². The third-order valence-corrected chi connectivity index (χ3v) is 15.3. The molecule has 5 atom stereocenters. The predicted molar refractivity (Wildman–Crippen MR) is 205 cm³/mol. The van der Waals surface area contributed by atoms with Gasteiger partial charge in [0.1, 0.15) is 6.10 Å². The molecule has 3 aromatic rings. The van der Waals surface area contributed by atoms with Crippen molar-refractivity contribution < 1.29 is 31.9 Å². The minimum absolute atomic E-state index is 0.219. The Morgan fingerprint density at radius 1 is 0.765 bits per heavy atom. The van der Waals surface area contributed by atoms with Gasteiger partial charge >= 0.3 is 12.1 Å². The predicted octanol–water partition coefficient (Wildman–Crippen LogP) is 10.4. The van der Waals surface area contributed by atoms with E-state index < -0.39 is 32.2 Å². The van der Waals surface area contributed by atoms with Crippen molar-refractivity contribution in [2.24, 2.45) is 17.8 Å². The number of alkyl halides is 3. The molecule has 0 aromatic heterocycles. The molecule has 0 heterocycles. The summed E-state index contributed by atoms with van der Waals surface area (Å²) in [4.78, 5) is 14.0. The van der Waals surface area contributed by atoms with Crippen LogP contribution in [0, 0.1) is 17.8 Å². The summed E-state index contributed by atoms with van der Waals surface area (Å²) in [6.45, 7) is 19.1. The molecule has 0 radical (unpaired) electrons. The van der Waals surface area contributed by atoms with Crippen LogP contribution in [0.3, 0.4) is 0 Å². The van der Waals surface area contributed by atoms with Crippen LogP contribution >= 0.6 is 0 Å². The van der Waals surface area contributed by atoms with Gasteiger partial charge in [0.25, 0.3) is 13.9 Å². The molecule has 0 unspecified atom stereocenters. The second-order valence-electron chi connectivity index (χ2n) is 15.4. The van der Waals surface area contributed by atoms with Gasteiger partial charge in [-0.1, -0.05) is 152 Å². The summed E-state index contributed by atoms with van der Waals surface area (Å²) in [6.07, 6.45) is -2.17. The van der Waals surface area contributed by atoms with Crippen molar-refractivity contribution in [3.8, 4) is 0 Å². The quantitative estimate of drug-likeness (QED) is 0.0790. The van der Waals surface area contributed by atoms with Crippen LogP contribution in [0.25, 0.3) is 0 Å². The molecule has 0 aliphatic rings.